The third kappa shape index (κ3) is 3.46. The minimum Gasteiger partial charge on any atom is -0.365 e. The molecule has 0 radical (unpaired) electrons. The molecular weight excluding hydrogens is 348 g/mol. The quantitative estimate of drug-likeness (QED) is 0.583. The second-order valence-corrected chi connectivity index (χ2v) is 7.22. The number of rotatable bonds is 5. The number of hydrogen-bond acceptors (Lipinski definition) is 5. The van der Waals surface area contributed by atoms with E-state index in [9.17, 15) is 0 Å². The highest BCUT2D eigenvalue weighted by molar-refractivity contribution is 5.63. The molecule has 0 bridgehead atoms. The molecule has 140 valence electrons. The number of nitrogens with zero attached hydrogens (tertiary/aromatic N) is 5. The number of nitrogens with one attached hydrogen (secondary N) is 1. The number of hydrogen-bond donors (Lipinski definition) is 1. The first kappa shape index (κ1) is 16.9. The summed E-state index contributed by atoms with van der Waals surface area (Å²) in [6.45, 7) is 3.12. The van der Waals surface area contributed by atoms with Crippen molar-refractivity contribution in [1.29, 1.82) is 0 Å². The van der Waals surface area contributed by atoms with E-state index >= 15 is 0 Å². The maximum absolute atomic E-state index is 4.79. The molecule has 0 amide bonds. The Kier molecular flexibility index (Phi) is 4.47. The number of fused-ring (bicyclic) bond motifs is 1. The predicted molar refractivity (Wildman–Crippen MR) is 110 cm³/mol. The van der Waals surface area contributed by atoms with Crippen molar-refractivity contribution in [2.24, 2.45) is 0 Å². The van der Waals surface area contributed by atoms with Gasteiger partial charge in [-0.15, -0.1) is 5.10 Å². The molecule has 3 aromatic heterocycles. The van der Waals surface area contributed by atoms with Crippen LogP contribution >= 0.6 is 0 Å². The van der Waals surface area contributed by atoms with Crippen molar-refractivity contribution in [3.63, 3.8) is 0 Å². The molecule has 1 atom stereocenters. The first-order valence-corrected chi connectivity index (χ1v) is 9.63. The van der Waals surface area contributed by atoms with E-state index in [2.05, 4.69) is 50.5 Å². The molecule has 0 aliphatic carbocycles. The van der Waals surface area contributed by atoms with Crippen LogP contribution < -0.4 is 5.32 Å². The molecule has 0 unspecified atom stereocenters. The highest BCUT2D eigenvalue weighted by atomic mass is 15.3. The van der Waals surface area contributed by atoms with Gasteiger partial charge in [0.05, 0.1) is 11.9 Å². The third-order valence-electron chi connectivity index (χ3n) is 5.21. The van der Waals surface area contributed by atoms with Crippen LogP contribution in [0.5, 0.6) is 0 Å². The van der Waals surface area contributed by atoms with E-state index in [0.717, 1.165) is 48.8 Å². The lowest BCUT2D eigenvalue weighted by Gasteiger charge is -2.17. The van der Waals surface area contributed by atoms with Crippen molar-refractivity contribution >= 4 is 11.5 Å². The average molecular weight is 370 g/mol. The molecule has 5 rings (SSSR count). The zero-order valence-corrected chi connectivity index (χ0v) is 15.6. The SMILES string of the molecule is c1ccc(CN2CC[C@H](Nc3ccc4ncc(-c5ccncc5)n4n3)C2)cc1. The first-order valence-electron chi connectivity index (χ1n) is 9.63. The Bertz CT molecular complexity index is 1060. The molecule has 4 heterocycles. The predicted octanol–water partition coefficient (Wildman–Crippen LogP) is 3.48. The highest BCUT2D eigenvalue weighted by Crippen LogP contribution is 2.21. The second-order valence-electron chi connectivity index (χ2n) is 7.22. The smallest absolute Gasteiger partial charge is 0.154 e. The number of likely N-dealkylation sites (tertiary alicyclic amines) is 1. The van der Waals surface area contributed by atoms with Gasteiger partial charge >= 0.3 is 0 Å². The molecule has 1 saturated heterocycles. The molecule has 1 N–H and O–H groups in total. The number of benzene rings is 1. The third-order valence-corrected chi connectivity index (χ3v) is 5.21. The summed E-state index contributed by atoms with van der Waals surface area (Å²) in [5.74, 6) is 0.882. The van der Waals surface area contributed by atoms with Gasteiger partial charge in [-0.3, -0.25) is 9.88 Å². The summed E-state index contributed by atoms with van der Waals surface area (Å²) in [4.78, 5) is 11.1. The Morgan fingerprint density at radius 1 is 1.00 bits per heavy atom. The number of pyridine rings is 1. The second kappa shape index (κ2) is 7.40. The van der Waals surface area contributed by atoms with E-state index in [-0.39, 0.29) is 0 Å². The van der Waals surface area contributed by atoms with Gasteiger partial charge < -0.3 is 5.32 Å². The lowest BCUT2D eigenvalue weighted by atomic mass is 10.2. The van der Waals surface area contributed by atoms with Crippen molar-refractivity contribution in [2.45, 2.75) is 19.0 Å². The van der Waals surface area contributed by atoms with Crippen LogP contribution in [0.15, 0.2) is 73.2 Å². The molecular formula is C22H22N6. The average Bonchev–Trinajstić information content (AvgIpc) is 3.36. The van der Waals surface area contributed by atoms with Gasteiger partial charge in [-0.1, -0.05) is 30.3 Å². The number of aromatic nitrogens is 4. The molecule has 0 saturated carbocycles. The van der Waals surface area contributed by atoms with E-state index in [4.69, 9.17) is 5.10 Å². The largest absolute Gasteiger partial charge is 0.365 e. The van der Waals surface area contributed by atoms with Crippen molar-refractivity contribution in [1.82, 2.24) is 24.5 Å². The summed E-state index contributed by atoms with van der Waals surface area (Å²) >= 11 is 0. The van der Waals surface area contributed by atoms with Crippen LogP contribution in [-0.2, 0) is 6.54 Å². The van der Waals surface area contributed by atoms with Gasteiger partial charge in [-0.05, 0) is 36.2 Å². The van der Waals surface area contributed by atoms with Gasteiger partial charge in [0.1, 0.15) is 5.82 Å². The maximum Gasteiger partial charge on any atom is 0.154 e. The molecule has 1 fully saturated rings. The van der Waals surface area contributed by atoms with E-state index in [1.807, 2.05) is 35.0 Å². The summed E-state index contributed by atoms with van der Waals surface area (Å²) in [5, 5.41) is 8.39. The fourth-order valence-electron chi connectivity index (χ4n) is 3.81. The lowest BCUT2D eigenvalue weighted by molar-refractivity contribution is 0.328. The molecule has 6 heteroatoms. The highest BCUT2D eigenvalue weighted by Gasteiger charge is 2.22. The van der Waals surface area contributed by atoms with E-state index < -0.39 is 0 Å². The fraction of sp³-hybridized carbons (Fsp3) is 0.227. The number of anilines is 1. The van der Waals surface area contributed by atoms with Gasteiger partial charge in [0, 0.05) is 43.6 Å². The fourth-order valence-corrected chi connectivity index (χ4v) is 3.81. The van der Waals surface area contributed by atoms with E-state index in [1.165, 1.54) is 5.56 Å². The molecule has 28 heavy (non-hydrogen) atoms. The van der Waals surface area contributed by atoms with Crippen LogP contribution in [-0.4, -0.2) is 43.6 Å². The Labute approximate surface area is 163 Å². The van der Waals surface area contributed by atoms with Gasteiger partial charge in [-0.2, -0.15) is 0 Å². The van der Waals surface area contributed by atoms with Crippen LogP contribution in [0.4, 0.5) is 5.82 Å². The molecule has 1 aliphatic heterocycles. The van der Waals surface area contributed by atoms with Crippen LogP contribution in [0.25, 0.3) is 16.9 Å². The Morgan fingerprint density at radius 3 is 2.71 bits per heavy atom. The first-order chi connectivity index (χ1) is 13.8. The summed E-state index contributed by atoms with van der Waals surface area (Å²) in [5.41, 5.74) is 4.23. The Balaban J connectivity index is 1.31. The monoisotopic (exact) mass is 370 g/mol. The zero-order chi connectivity index (χ0) is 18.8. The van der Waals surface area contributed by atoms with Crippen LogP contribution in [0.2, 0.25) is 0 Å². The molecule has 1 aromatic carbocycles. The molecule has 4 aromatic rings. The maximum atomic E-state index is 4.79. The normalized spacial score (nSPS) is 17.2. The minimum atomic E-state index is 0.404. The van der Waals surface area contributed by atoms with Gasteiger partial charge in [-0.25, -0.2) is 9.50 Å². The number of imidazole rings is 1. The lowest BCUT2D eigenvalue weighted by Crippen LogP contribution is -2.26. The van der Waals surface area contributed by atoms with Crippen LogP contribution in [0, 0.1) is 0 Å². The van der Waals surface area contributed by atoms with Crippen LogP contribution in [0.3, 0.4) is 0 Å². The van der Waals surface area contributed by atoms with E-state index in [1.54, 1.807) is 12.4 Å². The van der Waals surface area contributed by atoms with Gasteiger partial charge in [0.2, 0.25) is 0 Å². The van der Waals surface area contributed by atoms with Crippen LogP contribution in [0.1, 0.15) is 12.0 Å². The zero-order valence-electron chi connectivity index (χ0n) is 15.6. The summed E-state index contributed by atoms with van der Waals surface area (Å²) in [7, 11) is 0. The van der Waals surface area contributed by atoms with E-state index in [0.29, 0.717) is 6.04 Å². The molecule has 1 aliphatic rings. The standard InChI is InChI=1S/C22H22N6/c1-2-4-17(5-3-1)15-27-13-10-19(16-27)25-21-6-7-22-24-14-20(28(22)26-21)18-8-11-23-12-9-18/h1-9,11-12,14,19H,10,13,15-16H2,(H,25,26)/t19-/m0/s1. The van der Waals surface area contributed by atoms with Crippen molar-refractivity contribution < 1.29 is 0 Å². The van der Waals surface area contributed by atoms with Crippen molar-refractivity contribution in [2.75, 3.05) is 18.4 Å². The molecule has 6 nitrogen and oxygen atoms in total. The molecule has 0 spiro atoms. The Morgan fingerprint density at radius 2 is 1.86 bits per heavy atom. The van der Waals surface area contributed by atoms with Crippen molar-refractivity contribution in [3.05, 3.63) is 78.8 Å². The summed E-state index contributed by atoms with van der Waals surface area (Å²) < 4.78 is 1.90. The topological polar surface area (TPSA) is 58.3 Å². The van der Waals surface area contributed by atoms with Gasteiger partial charge in [0.25, 0.3) is 0 Å². The summed E-state index contributed by atoms with van der Waals surface area (Å²) in [6.07, 6.45) is 6.56. The van der Waals surface area contributed by atoms with Crippen molar-refractivity contribution in [3.8, 4) is 11.3 Å². The summed E-state index contributed by atoms with van der Waals surface area (Å²) in [6, 6.07) is 19.0. The van der Waals surface area contributed by atoms with Gasteiger partial charge in [0.15, 0.2) is 5.65 Å². The minimum absolute atomic E-state index is 0.404. The Hall–Kier alpha value is -3.25.